The molecule has 1 fully saturated rings. The van der Waals surface area contributed by atoms with Gasteiger partial charge in [0.25, 0.3) is 0 Å². The first kappa shape index (κ1) is 13.3. The maximum Gasteiger partial charge on any atom is 0.0607 e. The molecule has 0 spiro atoms. The molecule has 1 saturated heterocycles. The van der Waals surface area contributed by atoms with Crippen LogP contribution in [0.2, 0.25) is 0 Å². The van der Waals surface area contributed by atoms with E-state index in [0.29, 0.717) is 6.04 Å². The van der Waals surface area contributed by atoms with E-state index in [1.165, 1.54) is 31.4 Å². The topological polar surface area (TPSA) is 21.3 Å². The first-order chi connectivity index (χ1) is 7.33. The van der Waals surface area contributed by atoms with Gasteiger partial charge in [-0.15, -0.1) is 0 Å². The number of thioether (sulfide) groups is 1. The third-order valence-electron chi connectivity index (χ3n) is 2.74. The SMILES string of the molecule is CCCNC(C)CCCCSC1COC1. The van der Waals surface area contributed by atoms with Crippen LogP contribution in [0, 0.1) is 0 Å². The van der Waals surface area contributed by atoms with Crippen molar-refractivity contribution in [3.05, 3.63) is 0 Å². The minimum absolute atomic E-state index is 0.696. The summed E-state index contributed by atoms with van der Waals surface area (Å²) in [5.74, 6) is 1.31. The van der Waals surface area contributed by atoms with Crippen LogP contribution in [0.5, 0.6) is 0 Å². The van der Waals surface area contributed by atoms with Crippen molar-refractivity contribution in [3.8, 4) is 0 Å². The molecule has 1 rings (SSSR count). The highest BCUT2D eigenvalue weighted by atomic mass is 32.2. The van der Waals surface area contributed by atoms with Crippen LogP contribution in [0.1, 0.15) is 39.5 Å². The van der Waals surface area contributed by atoms with Gasteiger partial charge in [0, 0.05) is 6.04 Å². The van der Waals surface area contributed by atoms with Crippen LogP contribution >= 0.6 is 11.8 Å². The summed E-state index contributed by atoms with van der Waals surface area (Å²) in [6.07, 6.45) is 5.28. The van der Waals surface area contributed by atoms with E-state index >= 15 is 0 Å². The predicted molar refractivity (Wildman–Crippen MR) is 68.7 cm³/mol. The molecular formula is C12H25NOS. The molecule has 2 nitrogen and oxygen atoms in total. The number of hydrogen-bond donors (Lipinski definition) is 1. The van der Waals surface area contributed by atoms with E-state index in [9.17, 15) is 0 Å². The number of nitrogens with one attached hydrogen (secondary N) is 1. The monoisotopic (exact) mass is 231 g/mol. The van der Waals surface area contributed by atoms with Crippen LogP contribution in [0.3, 0.4) is 0 Å². The standard InChI is InChI=1S/C12H25NOS/c1-3-7-13-11(2)6-4-5-8-15-12-9-14-10-12/h11-13H,3-10H2,1-2H3. The summed E-state index contributed by atoms with van der Waals surface area (Å²) in [6.45, 7) is 7.65. The van der Waals surface area contributed by atoms with E-state index in [1.807, 2.05) is 0 Å². The molecule has 3 heteroatoms. The second-order valence-electron chi connectivity index (χ2n) is 4.38. The average molecular weight is 231 g/mol. The highest BCUT2D eigenvalue weighted by Gasteiger charge is 2.17. The van der Waals surface area contributed by atoms with E-state index in [1.54, 1.807) is 0 Å². The molecule has 0 amide bonds. The Morgan fingerprint density at radius 1 is 1.40 bits per heavy atom. The highest BCUT2D eigenvalue weighted by Crippen LogP contribution is 2.20. The van der Waals surface area contributed by atoms with Crippen LogP contribution in [0.15, 0.2) is 0 Å². The Labute approximate surface area is 98.5 Å². The second kappa shape index (κ2) is 8.43. The highest BCUT2D eigenvalue weighted by molar-refractivity contribution is 8.00. The first-order valence-corrected chi connectivity index (χ1v) is 7.30. The summed E-state index contributed by atoms with van der Waals surface area (Å²) in [5.41, 5.74) is 0. The normalized spacial score (nSPS) is 18.8. The molecule has 1 aliphatic rings. The molecule has 15 heavy (non-hydrogen) atoms. The van der Waals surface area contributed by atoms with Gasteiger partial charge in [-0.1, -0.05) is 13.3 Å². The molecule has 1 N–H and O–H groups in total. The third kappa shape index (κ3) is 6.44. The summed E-state index contributed by atoms with van der Waals surface area (Å²) in [5, 5.41) is 4.33. The first-order valence-electron chi connectivity index (χ1n) is 6.25. The summed E-state index contributed by atoms with van der Waals surface area (Å²) in [7, 11) is 0. The Bertz CT molecular complexity index is 151. The molecule has 0 bridgehead atoms. The van der Waals surface area contributed by atoms with Crippen molar-refractivity contribution in [2.75, 3.05) is 25.5 Å². The van der Waals surface area contributed by atoms with Crippen molar-refractivity contribution in [2.24, 2.45) is 0 Å². The minimum atomic E-state index is 0.696. The maximum atomic E-state index is 5.14. The van der Waals surface area contributed by atoms with E-state index < -0.39 is 0 Å². The van der Waals surface area contributed by atoms with Crippen LogP contribution in [-0.2, 0) is 4.74 Å². The predicted octanol–water partition coefficient (Wildman–Crippen LogP) is 2.68. The van der Waals surface area contributed by atoms with Gasteiger partial charge in [-0.2, -0.15) is 11.8 Å². The van der Waals surface area contributed by atoms with Gasteiger partial charge < -0.3 is 10.1 Å². The molecule has 1 aliphatic heterocycles. The van der Waals surface area contributed by atoms with Gasteiger partial charge in [0.1, 0.15) is 0 Å². The van der Waals surface area contributed by atoms with Crippen molar-refractivity contribution in [3.63, 3.8) is 0 Å². The largest absolute Gasteiger partial charge is 0.379 e. The summed E-state index contributed by atoms with van der Waals surface area (Å²) < 4.78 is 5.14. The van der Waals surface area contributed by atoms with Gasteiger partial charge >= 0.3 is 0 Å². The molecular weight excluding hydrogens is 206 g/mol. The zero-order valence-corrected chi connectivity index (χ0v) is 10.9. The van der Waals surface area contributed by atoms with Crippen molar-refractivity contribution >= 4 is 11.8 Å². The van der Waals surface area contributed by atoms with Crippen molar-refractivity contribution in [2.45, 2.75) is 50.8 Å². The average Bonchev–Trinajstić information content (AvgIpc) is 2.17. The Kier molecular flexibility index (Phi) is 7.49. The molecule has 0 aliphatic carbocycles. The van der Waals surface area contributed by atoms with Crippen LogP contribution in [0.25, 0.3) is 0 Å². The van der Waals surface area contributed by atoms with Crippen LogP contribution in [-0.4, -0.2) is 36.8 Å². The lowest BCUT2D eigenvalue weighted by atomic mass is 10.1. The molecule has 1 atom stereocenters. The molecule has 0 saturated carbocycles. The summed E-state index contributed by atoms with van der Waals surface area (Å²) in [4.78, 5) is 0. The van der Waals surface area contributed by atoms with E-state index in [2.05, 4.69) is 30.9 Å². The van der Waals surface area contributed by atoms with Crippen molar-refractivity contribution in [1.82, 2.24) is 5.32 Å². The van der Waals surface area contributed by atoms with Gasteiger partial charge in [-0.3, -0.25) is 0 Å². The summed E-state index contributed by atoms with van der Waals surface area (Å²) in [6, 6.07) is 0.696. The lowest BCUT2D eigenvalue weighted by molar-refractivity contribution is 0.0455. The molecule has 0 aromatic heterocycles. The van der Waals surface area contributed by atoms with Crippen molar-refractivity contribution in [1.29, 1.82) is 0 Å². The van der Waals surface area contributed by atoms with E-state index in [4.69, 9.17) is 4.74 Å². The fourth-order valence-corrected chi connectivity index (χ4v) is 2.69. The minimum Gasteiger partial charge on any atom is -0.379 e. The molecule has 1 heterocycles. The number of ether oxygens (including phenoxy) is 1. The Morgan fingerprint density at radius 3 is 2.80 bits per heavy atom. The van der Waals surface area contributed by atoms with E-state index in [-0.39, 0.29) is 0 Å². The zero-order chi connectivity index (χ0) is 10.9. The van der Waals surface area contributed by atoms with Gasteiger partial charge in [-0.25, -0.2) is 0 Å². The van der Waals surface area contributed by atoms with Crippen molar-refractivity contribution < 1.29 is 4.74 Å². The molecule has 0 aromatic carbocycles. The lowest BCUT2D eigenvalue weighted by Gasteiger charge is -2.25. The third-order valence-corrected chi connectivity index (χ3v) is 4.00. The van der Waals surface area contributed by atoms with Gasteiger partial charge in [-0.05, 0) is 38.5 Å². The van der Waals surface area contributed by atoms with Gasteiger partial charge in [0.05, 0.1) is 18.5 Å². The molecule has 1 unspecified atom stereocenters. The molecule has 0 aromatic rings. The smallest absolute Gasteiger partial charge is 0.0607 e. The fourth-order valence-electron chi connectivity index (χ4n) is 1.61. The maximum absolute atomic E-state index is 5.14. The Morgan fingerprint density at radius 2 is 2.20 bits per heavy atom. The Hall–Kier alpha value is 0.270. The number of hydrogen-bond acceptors (Lipinski definition) is 3. The molecule has 90 valence electrons. The van der Waals surface area contributed by atoms with Gasteiger partial charge in [0.15, 0.2) is 0 Å². The Balaban J connectivity index is 1.78. The summed E-state index contributed by atoms with van der Waals surface area (Å²) >= 11 is 2.09. The van der Waals surface area contributed by atoms with Gasteiger partial charge in [0.2, 0.25) is 0 Å². The zero-order valence-electron chi connectivity index (χ0n) is 10.1. The lowest BCUT2D eigenvalue weighted by Crippen LogP contribution is -2.30. The van der Waals surface area contributed by atoms with Crippen LogP contribution in [0.4, 0.5) is 0 Å². The number of rotatable bonds is 9. The van der Waals surface area contributed by atoms with E-state index in [0.717, 1.165) is 25.0 Å². The second-order valence-corrected chi connectivity index (χ2v) is 5.79. The molecule has 0 radical (unpaired) electrons. The number of unbranched alkanes of at least 4 members (excludes halogenated alkanes) is 1. The quantitative estimate of drug-likeness (QED) is 0.617. The fraction of sp³-hybridized carbons (Fsp3) is 1.00. The van der Waals surface area contributed by atoms with Crippen LogP contribution < -0.4 is 5.32 Å².